The number of carbonyl (C=O) groups is 1. The van der Waals surface area contributed by atoms with E-state index in [4.69, 9.17) is 10.8 Å². The van der Waals surface area contributed by atoms with Crippen molar-refractivity contribution >= 4 is 6.09 Å². The molecule has 0 radical (unpaired) electrons. The average molecular weight is 156 g/mol. The number of hydrogen-bond acceptors (Lipinski definition) is 2. The Morgan fingerprint density at radius 2 is 2.27 bits per heavy atom. The number of amides is 1. The van der Waals surface area contributed by atoms with Gasteiger partial charge < -0.3 is 15.7 Å². The summed E-state index contributed by atoms with van der Waals surface area (Å²) in [6.45, 7) is 0.654. The average Bonchev–Trinajstić information content (AvgIpc) is 2.43. The second-order valence-electron chi connectivity index (χ2n) is 3.48. The van der Waals surface area contributed by atoms with E-state index < -0.39 is 6.09 Å². The molecule has 4 nitrogen and oxygen atoms in total. The van der Waals surface area contributed by atoms with Crippen LogP contribution in [0.25, 0.3) is 0 Å². The van der Waals surface area contributed by atoms with Gasteiger partial charge in [-0.1, -0.05) is 0 Å². The normalized spacial score (nSPS) is 41.5. The Kier molecular flexibility index (Phi) is 1.32. The first-order chi connectivity index (χ1) is 5.18. The number of piperidine rings is 1. The smallest absolute Gasteiger partial charge is 0.407 e. The highest BCUT2D eigenvalue weighted by Crippen LogP contribution is 2.36. The lowest BCUT2D eigenvalue weighted by atomic mass is 10.0. The highest BCUT2D eigenvalue weighted by Gasteiger charge is 2.44. The van der Waals surface area contributed by atoms with Gasteiger partial charge in [0.2, 0.25) is 0 Å². The Morgan fingerprint density at radius 1 is 1.55 bits per heavy atom. The first kappa shape index (κ1) is 6.91. The van der Waals surface area contributed by atoms with E-state index >= 15 is 0 Å². The van der Waals surface area contributed by atoms with Gasteiger partial charge in [-0.05, 0) is 18.8 Å². The van der Waals surface area contributed by atoms with E-state index in [2.05, 4.69) is 0 Å². The third-order valence-electron chi connectivity index (χ3n) is 2.84. The van der Waals surface area contributed by atoms with Gasteiger partial charge in [0.25, 0.3) is 0 Å². The topological polar surface area (TPSA) is 66.6 Å². The van der Waals surface area contributed by atoms with E-state index in [-0.39, 0.29) is 12.1 Å². The number of hydrogen-bond donors (Lipinski definition) is 2. The van der Waals surface area contributed by atoms with Crippen LogP contribution in [0.1, 0.15) is 12.8 Å². The van der Waals surface area contributed by atoms with E-state index in [1.807, 2.05) is 0 Å². The van der Waals surface area contributed by atoms with E-state index in [0.29, 0.717) is 12.5 Å². The number of likely N-dealkylation sites (tertiary alicyclic amines) is 1. The molecule has 1 aliphatic carbocycles. The Labute approximate surface area is 65.0 Å². The molecular formula is C7H12N2O2. The van der Waals surface area contributed by atoms with Gasteiger partial charge in [0.15, 0.2) is 0 Å². The second kappa shape index (κ2) is 2.11. The first-order valence-corrected chi connectivity index (χ1v) is 3.93. The lowest BCUT2D eigenvalue weighted by Gasteiger charge is -2.27. The first-order valence-electron chi connectivity index (χ1n) is 3.93. The fraction of sp³-hybridized carbons (Fsp3) is 0.857. The Bertz CT molecular complexity index is 193. The van der Waals surface area contributed by atoms with Crippen LogP contribution < -0.4 is 5.73 Å². The molecule has 3 N–H and O–H groups in total. The van der Waals surface area contributed by atoms with Crippen molar-refractivity contribution in [1.82, 2.24) is 4.90 Å². The summed E-state index contributed by atoms with van der Waals surface area (Å²) in [5, 5.41) is 8.71. The molecular weight excluding hydrogens is 144 g/mol. The molecule has 0 unspecified atom stereocenters. The van der Waals surface area contributed by atoms with Crippen LogP contribution in [0.3, 0.4) is 0 Å². The molecule has 2 rings (SSSR count). The summed E-state index contributed by atoms with van der Waals surface area (Å²) in [5.41, 5.74) is 5.76. The van der Waals surface area contributed by atoms with E-state index in [0.717, 1.165) is 12.8 Å². The minimum absolute atomic E-state index is 0.215. The van der Waals surface area contributed by atoms with Crippen molar-refractivity contribution in [3.05, 3.63) is 0 Å². The Hall–Kier alpha value is -0.770. The molecule has 1 saturated carbocycles. The van der Waals surface area contributed by atoms with Gasteiger partial charge in [0.05, 0.1) is 0 Å². The molecule has 0 aromatic carbocycles. The molecule has 4 heteroatoms. The summed E-state index contributed by atoms with van der Waals surface area (Å²) >= 11 is 0. The van der Waals surface area contributed by atoms with Gasteiger partial charge in [0, 0.05) is 18.6 Å². The van der Waals surface area contributed by atoms with Crippen LogP contribution >= 0.6 is 0 Å². The zero-order valence-corrected chi connectivity index (χ0v) is 6.23. The second-order valence-corrected chi connectivity index (χ2v) is 3.48. The highest BCUT2D eigenvalue weighted by molar-refractivity contribution is 5.66. The van der Waals surface area contributed by atoms with Crippen LogP contribution in [-0.2, 0) is 0 Å². The zero-order valence-electron chi connectivity index (χ0n) is 6.23. The highest BCUT2D eigenvalue weighted by atomic mass is 16.4. The lowest BCUT2D eigenvalue weighted by molar-refractivity contribution is 0.127. The summed E-state index contributed by atoms with van der Waals surface area (Å²) in [5.74, 6) is 0.427. The van der Waals surface area contributed by atoms with Crippen LogP contribution in [0.5, 0.6) is 0 Å². The van der Waals surface area contributed by atoms with Crippen molar-refractivity contribution in [2.45, 2.75) is 24.9 Å². The molecule has 1 aliphatic heterocycles. The molecule has 2 bridgehead atoms. The van der Waals surface area contributed by atoms with Crippen LogP contribution in [0, 0.1) is 5.92 Å². The van der Waals surface area contributed by atoms with E-state index in [1.54, 1.807) is 0 Å². The number of fused-ring (bicyclic) bond motifs is 2. The van der Waals surface area contributed by atoms with Crippen LogP contribution in [0.2, 0.25) is 0 Å². The Balaban J connectivity index is 2.08. The predicted molar refractivity (Wildman–Crippen MR) is 39.2 cm³/mol. The monoisotopic (exact) mass is 156 g/mol. The number of carboxylic acid groups (broad SMARTS) is 1. The maximum absolute atomic E-state index is 10.6. The largest absolute Gasteiger partial charge is 0.465 e. The fourth-order valence-corrected chi connectivity index (χ4v) is 2.23. The molecule has 11 heavy (non-hydrogen) atoms. The predicted octanol–water partition coefficient (Wildman–Crippen LogP) is 0.0859. The van der Waals surface area contributed by atoms with Crippen molar-refractivity contribution in [3.8, 4) is 0 Å². The summed E-state index contributed by atoms with van der Waals surface area (Å²) < 4.78 is 0. The van der Waals surface area contributed by atoms with Crippen LogP contribution in [0.15, 0.2) is 0 Å². The lowest BCUT2D eigenvalue weighted by Crippen LogP contribution is -2.43. The van der Waals surface area contributed by atoms with Crippen molar-refractivity contribution in [3.63, 3.8) is 0 Å². The van der Waals surface area contributed by atoms with Gasteiger partial charge in [-0.15, -0.1) is 0 Å². The van der Waals surface area contributed by atoms with Crippen LogP contribution in [-0.4, -0.2) is 34.7 Å². The molecule has 0 aromatic rings. The van der Waals surface area contributed by atoms with Crippen molar-refractivity contribution in [1.29, 1.82) is 0 Å². The molecule has 62 valence electrons. The summed E-state index contributed by atoms with van der Waals surface area (Å²) in [7, 11) is 0. The van der Waals surface area contributed by atoms with Crippen molar-refractivity contribution < 1.29 is 9.90 Å². The Morgan fingerprint density at radius 3 is 2.64 bits per heavy atom. The van der Waals surface area contributed by atoms with Crippen LogP contribution in [0.4, 0.5) is 4.79 Å². The van der Waals surface area contributed by atoms with Gasteiger partial charge in [0.1, 0.15) is 0 Å². The van der Waals surface area contributed by atoms with Crippen molar-refractivity contribution in [2.75, 3.05) is 6.54 Å². The number of nitrogens with zero attached hydrogens (tertiary/aromatic N) is 1. The molecule has 2 fully saturated rings. The molecule has 2 aliphatic rings. The molecule has 3 atom stereocenters. The molecule has 1 heterocycles. The standard InChI is InChI=1S/C7H12N2O2/c8-6-2-5-1-4(6)3-9(5)7(10)11/h4-6H,1-3,8H2,(H,10,11)/t4-,5-,6-/m0/s1. The molecule has 0 spiro atoms. The summed E-state index contributed by atoms with van der Waals surface area (Å²) in [6.07, 6.45) is 1.05. The fourth-order valence-electron chi connectivity index (χ4n) is 2.23. The van der Waals surface area contributed by atoms with E-state index in [1.165, 1.54) is 4.90 Å². The minimum Gasteiger partial charge on any atom is -0.465 e. The zero-order chi connectivity index (χ0) is 8.01. The summed E-state index contributed by atoms with van der Waals surface area (Å²) in [4.78, 5) is 12.1. The third-order valence-corrected chi connectivity index (χ3v) is 2.84. The number of rotatable bonds is 0. The molecule has 1 saturated heterocycles. The van der Waals surface area contributed by atoms with Gasteiger partial charge in [-0.2, -0.15) is 0 Å². The van der Waals surface area contributed by atoms with Gasteiger partial charge >= 0.3 is 6.09 Å². The number of nitrogens with two attached hydrogens (primary N) is 1. The van der Waals surface area contributed by atoms with E-state index in [9.17, 15) is 4.79 Å². The molecule has 1 amide bonds. The summed E-state index contributed by atoms with van der Waals surface area (Å²) in [6, 6.07) is 0.461. The third kappa shape index (κ3) is 0.894. The maximum atomic E-state index is 10.6. The SMILES string of the molecule is N[C@H]1C[C@@H]2C[C@H]1CN2C(=O)O. The van der Waals surface area contributed by atoms with Crippen molar-refractivity contribution in [2.24, 2.45) is 11.7 Å². The van der Waals surface area contributed by atoms with Gasteiger partial charge in [-0.3, -0.25) is 0 Å². The minimum atomic E-state index is -0.788. The quantitative estimate of drug-likeness (QED) is 0.522. The van der Waals surface area contributed by atoms with Gasteiger partial charge in [-0.25, -0.2) is 4.79 Å². The molecule has 0 aromatic heterocycles. The maximum Gasteiger partial charge on any atom is 0.407 e.